The summed E-state index contributed by atoms with van der Waals surface area (Å²) in [6.45, 7) is 0. The minimum absolute atomic E-state index is 0.132. The highest BCUT2D eigenvalue weighted by atomic mass is 79.9. The highest BCUT2D eigenvalue weighted by Crippen LogP contribution is 2.25. The van der Waals surface area contributed by atoms with Crippen LogP contribution >= 0.6 is 27.3 Å². The average Bonchev–Trinajstić information content (AvgIpc) is 2.88. The van der Waals surface area contributed by atoms with Crippen molar-refractivity contribution in [1.29, 1.82) is 0 Å². The molecule has 0 aliphatic rings. The summed E-state index contributed by atoms with van der Waals surface area (Å²) in [4.78, 5) is 3.99. The second-order valence-corrected chi connectivity index (χ2v) is 7.64. The predicted octanol–water partition coefficient (Wildman–Crippen LogP) is 4.00. The summed E-state index contributed by atoms with van der Waals surface area (Å²) < 4.78 is 41.5. The summed E-state index contributed by atoms with van der Waals surface area (Å²) >= 11 is 4.41. The number of nitrogens with one attached hydrogen (secondary N) is 1. The molecule has 1 N–H and O–H groups in total. The van der Waals surface area contributed by atoms with Crippen LogP contribution in [0.1, 0.15) is 0 Å². The maximum Gasteiger partial charge on any atom is 0.261 e. The summed E-state index contributed by atoms with van der Waals surface area (Å²) in [6, 6.07) is 8.70. The first kappa shape index (κ1) is 14.4. The number of aromatic nitrogens is 1. The van der Waals surface area contributed by atoms with Gasteiger partial charge in [-0.3, -0.25) is 4.72 Å². The van der Waals surface area contributed by atoms with Gasteiger partial charge in [-0.2, -0.15) is 0 Å². The molecule has 3 aromatic rings. The van der Waals surface area contributed by atoms with Gasteiger partial charge in [0.25, 0.3) is 10.0 Å². The Balaban J connectivity index is 1.96. The summed E-state index contributed by atoms with van der Waals surface area (Å²) in [7, 11) is -3.83. The third kappa shape index (κ3) is 2.92. The molecule has 0 unspecified atom stereocenters. The lowest BCUT2D eigenvalue weighted by Crippen LogP contribution is -2.13. The fourth-order valence-corrected chi connectivity index (χ4v) is 3.80. The molecule has 108 valence electrons. The van der Waals surface area contributed by atoms with E-state index in [1.165, 1.54) is 23.5 Å². The quantitative estimate of drug-likeness (QED) is 0.739. The van der Waals surface area contributed by atoms with Crippen molar-refractivity contribution in [3.05, 3.63) is 52.2 Å². The largest absolute Gasteiger partial charge is 0.280 e. The third-order valence-corrected chi connectivity index (χ3v) is 5.60. The zero-order chi connectivity index (χ0) is 15.0. The van der Waals surface area contributed by atoms with Gasteiger partial charge in [-0.25, -0.2) is 17.8 Å². The molecule has 0 bridgehead atoms. The normalized spacial score (nSPS) is 11.7. The Labute approximate surface area is 132 Å². The van der Waals surface area contributed by atoms with Crippen LogP contribution in [0, 0.1) is 5.82 Å². The van der Waals surface area contributed by atoms with Crippen molar-refractivity contribution in [3.8, 4) is 0 Å². The Morgan fingerprint density at radius 2 is 2.00 bits per heavy atom. The van der Waals surface area contributed by atoms with Crippen LogP contribution in [0.15, 0.2) is 51.3 Å². The molecule has 0 aliphatic heterocycles. The molecule has 8 heteroatoms. The van der Waals surface area contributed by atoms with Crippen LogP contribution in [0.5, 0.6) is 0 Å². The highest BCUT2D eigenvalue weighted by molar-refractivity contribution is 9.10. The van der Waals surface area contributed by atoms with Crippen molar-refractivity contribution >= 4 is 53.2 Å². The molecule has 0 aliphatic carbocycles. The van der Waals surface area contributed by atoms with Crippen molar-refractivity contribution in [3.63, 3.8) is 0 Å². The maximum atomic E-state index is 13.5. The van der Waals surface area contributed by atoms with Crippen molar-refractivity contribution < 1.29 is 12.8 Å². The van der Waals surface area contributed by atoms with Gasteiger partial charge in [-0.15, -0.1) is 11.3 Å². The molecular weight excluding hydrogens is 379 g/mol. The first-order chi connectivity index (χ1) is 9.95. The first-order valence-electron chi connectivity index (χ1n) is 5.77. The van der Waals surface area contributed by atoms with Crippen molar-refractivity contribution in [2.24, 2.45) is 0 Å². The first-order valence-corrected chi connectivity index (χ1v) is 8.92. The number of sulfonamides is 1. The third-order valence-electron chi connectivity index (χ3n) is 2.78. The topological polar surface area (TPSA) is 59.1 Å². The molecule has 0 radical (unpaired) electrons. The van der Waals surface area contributed by atoms with Crippen LogP contribution in [-0.2, 0) is 10.0 Å². The van der Waals surface area contributed by atoms with Gasteiger partial charge in [0.05, 0.1) is 30.8 Å². The van der Waals surface area contributed by atoms with Crippen LogP contribution in [0.25, 0.3) is 10.2 Å². The summed E-state index contributed by atoms with van der Waals surface area (Å²) in [6.07, 6.45) is 0. The van der Waals surface area contributed by atoms with Crippen LogP contribution < -0.4 is 4.72 Å². The molecule has 3 rings (SSSR count). The fraction of sp³-hybridized carbons (Fsp3) is 0. The molecule has 0 atom stereocenters. The Morgan fingerprint density at radius 3 is 2.76 bits per heavy atom. The summed E-state index contributed by atoms with van der Waals surface area (Å²) in [5.41, 5.74) is 2.90. The molecular formula is C13H8BrFN2O2S2. The number of hydrogen-bond donors (Lipinski definition) is 1. The number of thiazole rings is 1. The molecule has 1 heterocycles. The average molecular weight is 387 g/mol. The number of nitrogens with zero attached hydrogens (tertiary/aromatic N) is 1. The van der Waals surface area contributed by atoms with Gasteiger partial charge < -0.3 is 0 Å². The van der Waals surface area contributed by atoms with E-state index in [0.717, 1.165) is 16.3 Å². The number of halogens is 2. The molecule has 0 fully saturated rings. The van der Waals surface area contributed by atoms with Crippen LogP contribution in [0.2, 0.25) is 0 Å². The Hall–Kier alpha value is -1.51. The molecule has 0 amide bonds. The zero-order valence-corrected chi connectivity index (χ0v) is 13.6. The van der Waals surface area contributed by atoms with E-state index < -0.39 is 15.8 Å². The molecule has 21 heavy (non-hydrogen) atoms. The minimum Gasteiger partial charge on any atom is -0.280 e. The van der Waals surface area contributed by atoms with E-state index in [-0.39, 0.29) is 9.37 Å². The monoisotopic (exact) mass is 386 g/mol. The second-order valence-electron chi connectivity index (χ2n) is 4.22. The molecule has 0 spiro atoms. The zero-order valence-electron chi connectivity index (χ0n) is 10.4. The summed E-state index contributed by atoms with van der Waals surface area (Å²) in [5, 5.41) is 0. The number of anilines is 1. The highest BCUT2D eigenvalue weighted by Gasteiger charge is 2.16. The lowest BCUT2D eigenvalue weighted by molar-refractivity contribution is 0.593. The van der Waals surface area contributed by atoms with Gasteiger partial charge in [-0.05, 0) is 52.3 Å². The van der Waals surface area contributed by atoms with Gasteiger partial charge in [0.2, 0.25) is 0 Å². The van der Waals surface area contributed by atoms with Crippen LogP contribution in [0.4, 0.5) is 10.1 Å². The number of rotatable bonds is 3. The van der Waals surface area contributed by atoms with E-state index in [1.807, 2.05) is 0 Å². The molecule has 0 saturated carbocycles. The van der Waals surface area contributed by atoms with Gasteiger partial charge in [0, 0.05) is 0 Å². The number of hydrogen-bond acceptors (Lipinski definition) is 4. The van der Waals surface area contributed by atoms with E-state index in [1.54, 1.807) is 23.7 Å². The Kier molecular flexibility index (Phi) is 3.68. The lowest BCUT2D eigenvalue weighted by Gasteiger charge is -2.08. The van der Waals surface area contributed by atoms with E-state index in [9.17, 15) is 12.8 Å². The van der Waals surface area contributed by atoms with Gasteiger partial charge >= 0.3 is 0 Å². The second kappa shape index (κ2) is 5.36. The Morgan fingerprint density at radius 1 is 1.19 bits per heavy atom. The summed E-state index contributed by atoms with van der Waals surface area (Å²) in [5.74, 6) is -0.629. The molecule has 1 aromatic heterocycles. The van der Waals surface area contributed by atoms with Crippen LogP contribution in [-0.4, -0.2) is 13.4 Å². The lowest BCUT2D eigenvalue weighted by atomic mass is 10.3. The Bertz CT molecular complexity index is 925. The fourth-order valence-electron chi connectivity index (χ4n) is 1.78. The predicted molar refractivity (Wildman–Crippen MR) is 84.5 cm³/mol. The molecule has 4 nitrogen and oxygen atoms in total. The SMILES string of the molecule is O=S(=O)(Nc1ccc2ncsc2c1)c1ccc(Br)c(F)c1. The molecule has 2 aromatic carbocycles. The molecule has 0 saturated heterocycles. The van der Waals surface area contributed by atoms with E-state index >= 15 is 0 Å². The van der Waals surface area contributed by atoms with Crippen molar-refractivity contribution in [2.45, 2.75) is 4.90 Å². The smallest absolute Gasteiger partial charge is 0.261 e. The number of benzene rings is 2. The van der Waals surface area contributed by atoms with Crippen LogP contribution in [0.3, 0.4) is 0 Å². The van der Waals surface area contributed by atoms with E-state index in [0.29, 0.717) is 5.69 Å². The number of fused-ring (bicyclic) bond motifs is 1. The van der Waals surface area contributed by atoms with Gasteiger partial charge in [0.15, 0.2) is 0 Å². The minimum atomic E-state index is -3.83. The standard InChI is InChI=1S/C13H8BrFN2O2S2/c14-10-3-2-9(6-11(10)15)21(18,19)17-8-1-4-12-13(5-8)20-7-16-12/h1-7,17H. The van der Waals surface area contributed by atoms with Gasteiger partial charge in [0.1, 0.15) is 5.82 Å². The van der Waals surface area contributed by atoms with Crippen molar-refractivity contribution in [2.75, 3.05) is 4.72 Å². The van der Waals surface area contributed by atoms with E-state index in [2.05, 4.69) is 25.6 Å². The van der Waals surface area contributed by atoms with Crippen molar-refractivity contribution in [1.82, 2.24) is 4.98 Å². The van der Waals surface area contributed by atoms with Gasteiger partial charge in [-0.1, -0.05) is 0 Å². The van der Waals surface area contributed by atoms with E-state index in [4.69, 9.17) is 0 Å². The maximum absolute atomic E-state index is 13.5.